The fourth-order valence-electron chi connectivity index (χ4n) is 1.67. The monoisotopic (exact) mass is 232 g/mol. The van der Waals surface area contributed by atoms with Crippen LogP contribution in [0, 0.1) is 5.41 Å². The van der Waals surface area contributed by atoms with E-state index in [1.54, 1.807) is 24.3 Å². The van der Waals surface area contributed by atoms with Crippen molar-refractivity contribution in [1.82, 2.24) is 5.32 Å². The molecular weight excluding hydrogens is 216 g/mol. The van der Waals surface area contributed by atoms with Gasteiger partial charge in [-0.2, -0.15) is 0 Å². The minimum absolute atomic E-state index is 0.00643. The van der Waals surface area contributed by atoms with E-state index in [0.717, 1.165) is 12.8 Å². The summed E-state index contributed by atoms with van der Waals surface area (Å²) in [6, 6.07) is 7.06. The lowest BCUT2D eigenvalue weighted by Crippen LogP contribution is -2.41. The Bertz CT molecular complexity index is 440. The third-order valence-corrected chi connectivity index (χ3v) is 2.87. The predicted octanol–water partition coefficient (Wildman–Crippen LogP) is 1.64. The van der Waals surface area contributed by atoms with Crippen molar-refractivity contribution in [3.63, 3.8) is 0 Å². The molecule has 5 heteroatoms. The van der Waals surface area contributed by atoms with E-state index >= 15 is 0 Å². The summed E-state index contributed by atoms with van der Waals surface area (Å²) < 4.78 is 0. The zero-order chi connectivity index (χ0) is 12.3. The van der Waals surface area contributed by atoms with Gasteiger partial charge in [0.2, 0.25) is 0 Å². The molecule has 5 N–H and O–H groups in total. The molecule has 0 radical (unpaired) electrons. The van der Waals surface area contributed by atoms with Crippen molar-refractivity contribution in [3.8, 4) is 0 Å². The minimum Gasteiger partial charge on any atom is -0.384 e. The average molecular weight is 232 g/mol. The number of nitrogen functional groups attached to an aromatic ring is 1. The van der Waals surface area contributed by atoms with E-state index in [1.807, 2.05) is 0 Å². The topological polar surface area (TPSA) is 91.0 Å². The van der Waals surface area contributed by atoms with Crippen molar-refractivity contribution in [2.75, 3.05) is 5.32 Å². The van der Waals surface area contributed by atoms with Gasteiger partial charge in [-0.3, -0.25) is 5.41 Å². The maximum atomic E-state index is 11.6. The van der Waals surface area contributed by atoms with Crippen molar-refractivity contribution in [1.29, 1.82) is 5.41 Å². The van der Waals surface area contributed by atoms with Gasteiger partial charge in [-0.15, -0.1) is 0 Å². The molecule has 0 spiro atoms. The summed E-state index contributed by atoms with van der Waals surface area (Å²) in [5.74, 6) is -0.00643. The van der Waals surface area contributed by atoms with E-state index in [9.17, 15) is 4.79 Å². The number of amidine groups is 1. The first-order chi connectivity index (χ1) is 8.15. The summed E-state index contributed by atoms with van der Waals surface area (Å²) in [6.07, 6.45) is 3.30. The van der Waals surface area contributed by atoms with Crippen molar-refractivity contribution >= 4 is 17.6 Å². The molecule has 0 bridgehead atoms. The Balaban J connectivity index is 1.95. The van der Waals surface area contributed by atoms with Gasteiger partial charge in [-0.25, -0.2) is 4.79 Å². The number of carbonyl (C=O) groups excluding carboxylic acids is 1. The molecule has 2 amide bonds. The average Bonchev–Trinajstić information content (AvgIpc) is 2.24. The molecule has 1 aliphatic rings. The molecule has 5 nitrogen and oxygen atoms in total. The van der Waals surface area contributed by atoms with Crippen LogP contribution in [0.25, 0.3) is 0 Å². The van der Waals surface area contributed by atoms with Crippen LogP contribution in [0.5, 0.6) is 0 Å². The number of amides is 2. The predicted molar refractivity (Wildman–Crippen MR) is 67.3 cm³/mol. The number of anilines is 1. The van der Waals surface area contributed by atoms with Gasteiger partial charge in [0.25, 0.3) is 0 Å². The second-order valence-electron chi connectivity index (χ2n) is 4.22. The normalized spacial score (nSPS) is 14.8. The van der Waals surface area contributed by atoms with Gasteiger partial charge in [0.15, 0.2) is 0 Å². The summed E-state index contributed by atoms with van der Waals surface area (Å²) in [7, 11) is 0. The zero-order valence-corrected chi connectivity index (χ0v) is 9.49. The van der Waals surface area contributed by atoms with Crippen molar-refractivity contribution in [3.05, 3.63) is 29.8 Å². The summed E-state index contributed by atoms with van der Waals surface area (Å²) in [6.45, 7) is 0. The van der Waals surface area contributed by atoms with E-state index in [2.05, 4.69) is 10.6 Å². The number of hydrogen-bond donors (Lipinski definition) is 4. The van der Waals surface area contributed by atoms with E-state index in [4.69, 9.17) is 11.1 Å². The number of nitrogens with two attached hydrogens (primary N) is 1. The summed E-state index contributed by atoms with van der Waals surface area (Å²) in [5.41, 5.74) is 6.63. The number of rotatable bonds is 3. The highest BCUT2D eigenvalue weighted by Gasteiger charge is 2.19. The van der Waals surface area contributed by atoms with Crippen LogP contribution in [0.2, 0.25) is 0 Å². The van der Waals surface area contributed by atoms with Gasteiger partial charge >= 0.3 is 6.03 Å². The Labute approximate surface area is 99.9 Å². The highest BCUT2D eigenvalue weighted by atomic mass is 16.2. The van der Waals surface area contributed by atoms with Crippen LogP contribution in [0.15, 0.2) is 24.3 Å². The SMILES string of the molecule is N=C(N)c1cccc(NC(=O)NC2CCC2)c1. The Morgan fingerprint density at radius 2 is 2.18 bits per heavy atom. The van der Waals surface area contributed by atoms with E-state index in [1.165, 1.54) is 6.42 Å². The van der Waals surface area contributed by atoms with Crippen LogP contribution >= 0.6 is 0 Å². The highest BCUT2D eigenvalue weighted by Crippen LogP contribution is 2.18. The molecule has 2 rings (SSSR count). The molecule has 0 atom stereocenters. The van der Waals surface area contributed by atoms with Crippen LogP contribution in [-0.2, 0) is 0 Å². The molecule has 0 heterocycles. The van der Waals surface area contributed by atoms with E-state index in [0.29, 0.717) is 17.3 Å². The van der Waals surface area contributed by atoms with Crippen LogP contribution in [0.1, 0.15) is 24.8 Å². The molecule has 1 aromatic rings. The molecule has 17 heavy (non-hydrogen) atoms. The number of nitrogens with one attached hydrogen (secondary N) is 3. The number of carbonyl (C=O) groups is 1. The summed E-state index contributed by atoms with van der Waals surface area (Å²) in [4.78, 5) is 11.6. The molecule has 0 aliphatic heterocycles. The molecule has 0 saturated heterocycles. The molecule has 1 fully saturated rings. The first-order valence-corrected chi connectivity index (χ1v) is 5.67. The quantitative estimate of drug-likeness (QED) is 0.471. The molecule has 90 valence electrons. The van der Waals surface area contributed by atoms with Gasteiger partial charge in [0.1, 0.15) is 5.84 Å². The fourth-order valence-corrected chi connectivity index (χ4v) is 1.67. The number of benzene rings is 1. The lowest BCUT2D eigenvalue weighted by molar-refractivity contribution is 0.240. The molecule has 1 aliphatic carbocycles. The fraction of sp³-hybridized carbons (Fsp3) is 0.333. The van der Waals surface area contributed by atoms with Crippen molar-refractivity contribution in [2.24, 2.45) is 5.73 Å². The van der Waals surface area contributed by atoms with Gasteiger partial charge in [-0.05, 0) is 31.4 Å². The third-order valence-electron chi connectivity index (χ3n) is 2.87. The Hall–Kier alpha value is -2.04. The van der Waals surface area contributed by atoms with Gasteiger partial charge in [0, 0.05) is 17.3 Å². The van der Waals surface area contributed by atoms with Crippen molar-refractivity contribution in [2.45, 2.75) is 25.3 Å². The first-order valence-electron chi connectivity index (χ1n) is 5.67. The highest BCUT2D eigenvalue weighted by molar-refractivity contribution is 5.97. The molecular formula is C12H16N4O. The minimum atomic E-state index is -0.199. The molecule has 0 aromatic heterocycles. The summed E-state index contributed by atoms with van der Waals surface area (Å²) in [5, 5.41) is 12.9. The van der Waals surface area contributed by atoms with E-state index < -0.39 is 0 Å². The third kappa shape index (κ3) is 2.96. The van der Waals surface area contributed by atoms with Gasteiger partial charge in [0.05, 0.1) is 0 Å². The Morgan fingerprint density at radius 3 is 2.76 bits per heavy atom. The molecule has 0 unspecified atom stereocenters. The van der Waals surface area contributed by atoms with Crippen LogP contribution in [-0.4, -0.2) is 17.9 Å². The van der Waals surface area contributed by atoms with Crippen molar-refractivity contribution < 1.29 is 4.79 Å². The largest absolute Gasteiger partial charge is 0.384 e. The summed E-state index contributed by atoms with van der Waals surface area (Å²) >= 11 is 0. The standard InChI is InChI=1S/C12H16N4O/c13-11(14)8-3-1-6-10(7-8)16-12(17)15-9-4-2-5-9/h1,3,6-7,9H,2,4-5H2,(H3,13,14)(H2,15,16,17). The lowest BCUT2D eigenvalue weighted by atomic mass is 9.93. The maximum Gasteiger partial charge on any atom is 0.319 e. The lowest BCUT2D eigenvalue weighted by Gasteiger charge is -2.26. The van der Waals surface area contributed by atoms with Crippen LogP contribution < -0.4 is 16.4 Å². The van der Waals surface area contributed by atoms with Gasteiger partial charge < -0.3 is 16.4 Å². The first kappa shape index (κ1) is 11.4. The molecule has 1 aromatic carbocycles. The Kier molecular flexibility index (Phi) is 3.27. The second kappa shape index (κ2) is 4.86. The maximum absolute atomic E-state index is 11.6. The Morgan fingerprint density at radius 1 is 1.41 bits per heavy atom. The zero-order valence-electron chi connectivity index (χ0n) is 9.49. The number of urea groups is 1. The van der Waals surface area contributed by atoms with Gasteiger partial charge in [-0.1, -0.05) is 12.1 Å². The molecule has 1 saturated carbocycles. The van der Waals surface area contributed by atoms with Crippen LogP contribution in [0.4, 0.5) is 10.5 Å². The number of hydrogen-bond acceptors (Lipinski definition) is 2. The smallest absolute Gasteiger partial charge is 0.319 e. The van der Waals surface area contributed by atoms with E-state index in [-0.39, 0.29) is 11.9 Å². The second-order valence-corrected chi connectivity index (χ2v) is 4.22. The van der Waals surface area contributed by atoms with Crippen LogP contribution in [0.3, 0.4) is 0 Å².